The van der Waals surface area contributed by atoms with Gasteiger partial charge in [-0.2, -0.15) is 0 Å². The number of rotatable bonds is 7. The van der Waals surface area contributed by atoms with E-state index in [9.17, 15) is 14.4 Å². The van der Waals surface area contributed by atoms with Crippen LogP contribution in [-0.2, 0) is 14.3 Å². The first-order chi connectivity index (χ1) is 17.1. The summed E-state index contributed by atoms with van der Waals surface area (Å²) >= 11 is 0. The third kappa shape index (κ3) is 6.22. The lowest BCUT2D eigenvalue weighted by atomic mass is 9.98. The van der Waals surface area contributed by atoms with E-state index in [-0.39, 0.29) is 24.4 Å². The maximum Gasteiger partial charge on any atom is 0.408 e. The highest BCUT2D eigenvalue weighted by atomic mass is 16.6. The first-order valence-corrected chi connectivity index (χ1v) is 12.3. The second-order valence-electron chi connectivity index (χ2n) is 10.2. The fourth-order valence-corrected chi connectivity index (χ4v) is 4.25. The van der Waals surface area contributed by atoms with Gasteiger partial charge in [-0.15, -0.1) is 0 Å². The van der Waals surface area contributed by atoms with E-state index in [0.29, 0.717) is 5.69 Å². The van der Waals surface area contributed by atoms with Gasteiger partial charge in [0.1, 0.15) is 18.2 Å². The van der Waals surface area contributed by atoms with Crippen LogP contribution in [0.15, 0.2) is 66.7 Å². The maximum atomic E-state index is 13.8. The standard InChI is InChI=1S/C29H33N3O4/c1-19-9-5-8-12-24(19)26(27(34)31-22-14-13-20-10-6-7-11-21(20)17-22)32(23-15-16-23)25(33)18-30-28(35)36-29(2,3)4/h5-14,17,23,26H,15-16,18H2,1-4H3,(H,30,35)(H,31,34). The molecule has 1 fully saturated rings. The number of alkyl carbamates (subject to hydrolysis) is 1. The SMILES string of the molecule is Cc1ccccc1C(C(=O)Nc1ccc2ccccc2c1)N(C(=O)CNC(=O)OC(C)(C)C)C1CC1. The molecule has 7 nitrogen and oxygen atoms in total. The smallest absolute Gasteiger partial charge is 0.408 e. The predicted molar refractivity (Wildman–Crippen MR) is 141 cm³/mol. The van der Waals surface area contributed by atoms with Crippen LogP contribution in [-0.4, -0.2) is 41.0 Å². The Bertz CT molecular complexity index is 1280. The average molecular weight is 488 g/mol. The minimum absolute atomic E-state index is 0.0649. The number of aryl methyl sites for hydroxylation is 1. The zero-order chi connectivity index (χ0) is 25.9. The van der Waals surface area contributed by atoms with Crippen molar-refractivity contribution in [3.05, 3.63) is 77.9 Å². The van der Waals surface area contributed by atoms with Crippen LogP contribution < -0.4 is 10.6 Å². The topological polar surface area (TPSA) is 87.7 Å². The van der Waals surface area contributed by atoms with Gasteiger partial charge in [-0.1, -0.05) is 54.6 Å². The highest BCUT2D eigenvalue weighted by Crippen LogP contribution is 2.36. The fourth-order valence-electron chi connectivity index (χ4n) is 4.25. The van der Waals surface area contributed by atoms with E-state index < -0.39 is 17.7 Å². The molecule has 3 aromatic carbocycles. The number of hydrogen-bond acceptors (Lipinski definition) is 4. The minimum Gasteiger partial charge on any atom is -0.444 e. The summed E-state index contributed by atoms with van der Waals surface area (Å²) in [5.41, 5.74) is 1.66. The van der Waals surface area contributed by atoms with E-state index in [2.05, 4.69) is 10.6 Å². The van der Waals surface area contributed by atoms with E-state index in [1.54, 1.807) is 25.7 Å². The van der Waals surface area contributed by atoms with Crippen molar-refractivity contribution in [2.75, 3.05) is 11.9 Å². The normalized spacial score (nSPS) is 14.1. The second kappa shape index (κ2) is 10.4. The van der Waals surface area contributed by atoms with Crippen molar-refractivity contribution < 1.29 is 19.1 Å². The Hall–Kier alpha value is -3.87. The van der Waals surface area contributed by atoms with Gasteiger partial charge in [-0.25, -0.2) is 4.79 Å². The summed E-state index contributed by atoms with van der Waals surface area (Å²) in [6.07, 6.45) is 0.952. The number of hydrogen-bond donors (Lipinski definition) is 2. The molecule has 0 aliphatic heterocycles. The molecule has 0 saturated heterocycles. The lowest BCUT2D eigenvalue weighted by Crippen LogP contribution is -2.47. The maximum absolute atomic E-state index is 13.8. The molecule has 1 aliphatic rings. The van der Waals surface area contributed by atoms with Crippen molar-refractivity contribution in [3.63, 3.8) is 0 Å². The molecule has 1 atom stereocenters. The number of carbonyl (C=O) groups is 3. The van der Waals surface area contributed by atoms with E-state index in [0.717, 1.165) is 34.7 Å². The number of fused-ring (bicyclic) bond motifs is 1. The molecule has 0 bridgehead atoms. The number of anilines is 1. The second-order valence-corrected chi connectivity index (χ2v) is 10.2. The van der Waals surface area contributed by atoms with Gasteiger partial charge in [-0.3, -0.25) is 9.59 Å². The number of amides is 3. The van der Waals surface area contributed by atoms with Crippen LogP contribution >= 0.6 is 0 Å². The van der Waals surface area contributed by atoms with E-state index in [1.807, 2.05) is 73.7 Å². The average Bonchev–Trinajstić information content (AvgIpc) is 3.65. The molecule has 0 spiro atoms. The van der Waals surface area contributed by atoms with Gasteiger partial charge >= 0.3 is 6.09 Å². The van der Waals surface area contributed by atoms with Gasteiger partial charge in [0, 0.05) is 11.7 Å². The van der Waals surface area contributed by atoms with Gasteiger partial charge in [0.05, 0.1) is 0 Å². The van der Waals surface area contributed by atoms with Gasteiger partial charge in [-0.05, 0) is 74.6 Å². The Balaban J connectivity index is 1.60. The van der Waals surface area contributed by atoms with Crippen LogP contribution in [0.1, 0.15) is 50.8 Å². The molecule has 3 amide bonds. The summed E-state index contributed by atoms with van der Waals surface area (Å²) in [6, 6.07) is 20.4. The molecule has 0 radical (unpaired) electrons. The molecule has 1 unspecified atom stereocenters. The zero-order valence-electron chi connectivity index (χ0n) is 21.2. The van der Waals surface area contributed by atoms with Crippen molar-refractivity contribution in [2.24, 2.45) is 0 Å². The largest absolute Gasteiger partial charge is 0.444 e. The Kier molecular flexibility index (Phi) is 7.29. The van der Waals surface area contributed by atoms with Crippen LogP contribution in [0.2, 0.25) is 0 Å². The fraction of sp³-hybridized carbons (Fsp3) is 0.345. The van der Waals surface area contributed by atoms with Crippen LogP contribution in [0.5, 0.6) is 0 Å². The minimum atomic E-state index is -0.835. The zero-order valence-corrected chi connectivity index (χ0v) is 21.2. The van der Waals surface area contributed by atoms with E-state index in [1.165, 1.54) is 0 Å². The van der Waals surface area contributed by atoms with Gasteiger partial charge in [0.15, 0.2) is 0 Å². The monoisotopic (exact) mass is 487 g/mol. The number of benzene rings is 3. The molecule has 7 heteroatoms. The highest BCUT2D eigenvalue weighted by Gasteiger charge is 2.41. The van der Waals surface area contributed by atoms with Crippen molar-refractivity contribution in [1.82, 2.24) is 10.2 Å². The summed E-state index contributed by atoms with van der Waals surface area (Å²) in [5.74, 6) is -0.623. The first-order valence-electron chi connectivity index (χ1n) is 12.3. The third-order valence-electron chi connectivity index (χ3n) is 6.04. The highest BCUT2D eigenvalue weighted by molar-refractivity contribution is 6.00. The van der Waals surface area contributed by atoms with Gasteiger partial charge < -0.3 is 20.3 Å². The van der Waals surface area contributed by atoms with E-state index in [4.69, 9.17) is 4.74 Å². The lowest BCUT2D eigenvalue weighted by Gasteiger charge is -2.32. The Morgan fingerprint density at radius 2 is 1.64 bits per heavy atom. The molecule has 0 aromatic heterocycles. The number of carbonyl (C=O) groups excluding carboxylic acids is 3. The summed E-state index contributed by atoms with van der Waals surface area (Å²) in [4.78, 5) is 41.0. The molecule has 1 aliphatic carbocycles. The lowest BCUT2D eigenvalue weighted by molar-refractivity contribution is -0.139. The molecule has 0 heterocycles. The van der Waals surface area contributed by atoms with Crippen molar-refractivity contribution in [3.8, 4) is 0 Å². The molecule has 3 aromatic rings. The van der Waals surface area contributed by atoms with Crippen molar-refractivity contribution in [1.29, 1.82) is 0 Å². The van der Waals surface area contributed by atoms with Crippen LogP contribution in [0, 0.1) is 6.92 Å². The Morgan fingerprint density at radius 3 is 2.31 bits per heavy atom. The molecular weight excluding hydrogens is 454 g/mol. The van der Waals surface area contributed by atoms with Gasteiger partial charge in [0.2, 0.25) is 5.91 Å². The molecule has 36 heavy (non-hydrogen) atoms. The third-order valence-corrected chi connectivity index (χ3v) is 6.04. The van der Waals surface area contributed by atoms with Crippen LogP contribution in [0.25, 0.3) is 10.8 Å². The number of nitrogens with zero attached hydrogens (tertiary/aromatic N) is 1. The number of ether oxygens (including phenoxy) is 1. The molecular formula is C29H33N3O4. The summed E-state index contributed by atoms with van der Waals surface area (Å²) in [5, 5.41) is 7.67. The molecule has 188 valence electrons. The summed E-state index contributed by atoms with van der Waals surface area (Å²) in [6.45, 7) is 6.96. The van der Waals surface area contributed by atoms with Crippen LogP contribution in [0.4, 0.5) is 10.5 Å². The molecule has 1 saturated carbocycles. The first kappa shape index (κ1) is 25.2. The number of nitrogens with one attached hydrogen (secondary N) is 2. The molecule has 4 rings (SSSR count). The van der Waals surface area contributed by atoms with E-state index >= 15 is 0 Å². The summed E-state index contributed by atoms with van der Waals surface area (Å²) < 4.78 is 5.27. The van der Waals surface area contributed by atoms with Crippen LogP contribution in [0.3, 0.4) is 0 Å². The van der Waals surface area contributed by atoms with Gasteiger partial charge in [0.25, 0.3) is 5.91 Å². The summed E-state index contributed by atoms with van der Waals surface area (Å²) in [7, 11) is 0. The van der Waals surface area contributed by atoms with Crippen molar-refractivity contribution in [2.45, 2.75) is 58.2 Å². The Morgan fingerprint density at radius 1 is 0.972 bits per heavy atom. The quantitative estimate of drug-likeness (QED) is 0.471. The Labute approximate surface area is 211 Å². The van der Waals surface area contributed by atoms with Crippen molar-refractivity contribution >= 4 is 34.4 Å². The molecule has 2 N–H and O–H groups in total. The predicted octanol–water partition coefficient (Wildman–Crippen LogP) is 5.34.